The number of nitro benzene ring substituents is 1. The molecule has 0 aliphatic carbocycles. The van der Waals surface area contributed by atoms with Crippen LogP contribution in [0.1, 0.15) is 5.56 Å². The minimum Gasteiger partial charge on any atom is -0.493 e. The van der Waals surface area contributed by atoms with Crippen molar-refractivity contribution in [2.24, 2.45) is 4.99 Å². The van der Waals surface area contributed by atoms with Gasteiger partial charge in [0.2, 0.25) is 0 Å². The number of rotatable bonds is 7. The van der Waals surface area contributed by atoms with Gasteiger partial charge in [0.15, 0.2) is 16.7 Å². The van der Waals surface area contributed by atoms with Crippen molar-refractivity contribution >= 4 is 88.9 Å². The van der Waals surface area contributed by atoms with Gasteiger partial charge in [0.25, 0.3) is 11.6 Å². The standard InChI is InChI=1S/C23H15BrIN3O7S2/c1-34-19-11-13(12-20-22(29)27-23(36-20)26-18-5-3-2-4-16(18)24)10-17(25)21(19)35-37(32,33)15-8-6-14(7-9-15)28(30)31/h2-12H,1H3,(H,26,27,29)/b20-12+. The Kier molecular flexibility index (Phi) is 8.20. The fourth-order valence-electron chi connectivity index (χ4n) is 3.08. The summed E-state index contributed by atoms with van der Waals surface area (Å²) in [6.45, 7) is 0. The highest BCUT2D eigenvalue weighted by Gasteiger charge is 2.26. The van der Waals surface area contributed by atoms with E-state index in [4.69, 9.17) is 8.92 Å². The third kappa shape index (κ3) is 6.31. The molecule has 1 aliphatic heterocycles. The van der Waals surface area contributed by atoms with Crippen LogP contribution < -0.4 is 14.2 Å². The first kappa shape index (κ1) is 27.1. The number of amidine groups is 1. The summed E-state index contributed by atoms with van der Waals surface area (Å²) in [6, 6.07) is 14.8. The van der Waals surface area contributed by atoms with Crippen molar-refractivity contribution in [3.63, 3.8) is 0 Å². The second kappa shape index (κ2) is 11.2. The van der Waals surface area contributed by atoms with E-state index in [0.29, 0.717) is 24.9 Å². The molecule has 3 aromatic rings. The van der Waals surface area contributed by atoms with Crippen LogP contribution in [0, 0.1) is 13.7 Å². The molecule has 1 heterocycles. The third-order valence-corrected chi connectivity index (χ3v) is 8.42. The van der Waals surface area contributed by atoms with Crippen molar-refractivity contribution < 1.29 is 27.1 Å². The van der Waals surface area contributed by atoms with Crippen LogP contribution in [0.3, 0.4) is 0 Å². The van der Waals surface area contributed by atoms with E-state index < -0.39 is 15.0 Å². The molecule has 0 saturated carbocycles. The van der Waals surface area contributed by atoms with Crippen LogP contribution in [0.2, 0.25) is 0 Å². The van der Waals surface area contributed by atoms with E-state index >= 15 is 0 Å². The van der Waals surface area contributed by atoms with Gasteiger partial charge < -0.3 is 14.2 Å². The number of nitrogens with one attached hydrogen (secondary N) is 1. The molecule has 0 bridgehead atoms. The molecular formula is C23H15BrIN3O7S2. The van der Waals surface area contributed by atoms with Crippen LogP contribution in [-0.4, -0.2) is 31.5 Å². The van der Waals surface area contributed by atoms with Crippen molar-refractivity contribution in [2.45, 2.75) is 4.90 Å². The molecule has 190 valence electrons. The lowest BCUT2D eigenvalue weighted by Gasteiger charge is -2.13. The lowest BCUT2D eigenvalue weighted by molar-refractivity contribution is -0.384. The smallest absolute Gasteiger partial charge is 0.339 e. The first-order valence-electron chi connectivity index (χ1n) is 10.2. The number of para-hydroxylation sites is 1. The first-order valence-corrected chi connectivity index (χ1v) is 14.3. The normalized spacial score (nSPS) is 15.6. The highest BCUT2D eigenvalue weighted by molar-refractivity contribution is 14.1. The van der Waals surface area contributed by atoms with Gasteiger partial charge in [0.05, 0.1) is 26.2 Å². The largest absolute Gasteiger partial charge is 0.493 e. The van der Waals surface area contributed by atoms with E-state index in [9.17, 15) is 23.3 Å². The van der Waals surface area contributed by atoms with Gasteiger partial charge in [-0.25, -0.2) is 4.99 Å². The molecule has 1 N–H and O–H groups in total. The summed E-state index contributed by atoms with van der Waals surface area (Å²) in [5.74, 6) is -0.260. The second-order valence-electron chi connectivity index (χ2n) is 7.26. The maximum atomic E-state index is 12.8. The van der Waals surface area contributed by atoms with Gasteiger partial charge in [0.1, 0.15) is 4.90 Å². The number of thioether (sulfide) groups is 1. The fraction of sp³-hybridized carbons (Fsp3) is 0.0435. The predicted octanol–water partition coefficient (Wildman–Crippen LogP) is 5.63. The van der Waals surface area contributed by atoms with Crippen LogP contribution in [0.4, 0.5) is 11.4 Å². The van der Waals surface area contributed by atoms with E-state index in [2.05, 4.69) is 26.2 Å². The maximum Gasteiger partial charge on any atom is 0.339 e. The Hall–Kier alpha value is -2.95. The van der Waals surface area contributed by atoms with Crippen molar-refractivity contribution in [3.05, 3.63) is 89.3 Å². The molecule has 0 aromatic heterocycles. The van der Waals surface area contributed by atoms with Gasteiger partial charge in [-0.3, -0.25) is 14.9 Å². The molecular weight excluding hydrogens is 701 g/mol. The zero-order valence-electron chi connectivity index (χ0n) is 18.7. The minimum atomic E-state index is -4.31. The number of halogens is 2. The quantitative estimate of drug-likeness (QED) is 0.109. The molecule has 37 heavy (non-hydrogen) atoms. The molecule has 14 heteroatoms. The number of hydrogen-bond donors (Lipinski definition) is 1. The summed E-state index contributed by atoms with van der Waals surface area (Å²) < 4.78 is 37.4. The number of methoxy groups -OCH3 is 1. The topological polar surface area (TPSA) is 137 Å². The summed E-state index contributed by atoms with van der Waals surface area (Å²) in [4.78, 5) is 27.3. The van der Waals surface area contributed by atoms with Crippen LogP contribution >= 0.6 is 50.3 Å². The van der Waals surface area contributed by atoms with Crippen molar-refractivity contribution in [3.8, 4) is 11.5 Å². The molecule has 0 spiro atoms. The number of nitro groups is 1. The summed E-state index contributed by atoms with van der Waals surface area (Å²) in [6.07, 6.45) is 1.63. The van der Waals surface area contributed by atoms with E-state index in [1.165, 1.54) is 13.2 Å². The number of amides is 1. The highest BCUT2D eigenvalue weighted by atomic mass is 127. The van der Waals surface area contributed by atoms with E-state index in [1.54, 1.807) is 12.1 Å². The zero-order valence-corrected chi connectivity index (χ0v) is 24.1. The lowest BCUT2D eigenvalue weighted by atomic mass is 10.2. The Morgan fingerprint density at radius 2 is 1.86 bits per heavy atom. The molecule has 1 fully saturated rings. The summed E-state index contributed by atoms with van der Waals surface area (Å²) in [5.41, 5.74) is 0.988. The Balaban J connectivity index is 1.60. The summed E-state index contributed by atoms with van der Waals surface area (Å²) in [7, 11) is -2.95. The summed E-state index contributed by atoms with van der Waals surface area (Å²) >= 11 is 6.48. The van der Waals surface area contributed by atoms with Crippen molar-refractivity contribution in [2.75, 3.05) is 7.11 Å². The average Bonchev–Trinajstić information content (AvgIpc) is 3.20. The molecule has 0 unspecified atom stereocenters. The Bertz CT molecular complexity index is 1580. The lowest BCUT2D eigenvalue weighted by Crippen LogP contribution is -2.19. The molecule has 0 radical (unpaired) electrons. The van der Waals surface area contributed by atoms with Crippen LogP contribution in [0.15, 0.2) is 79.9 Å². The molecule has 4 rings (SSSR count). The Morgan fingerprint density at radius 1 is 1.16 bits per heavy atom. The molecule has 10 nitrogen and oxygen atoms in total. The van der Waals surface area contributed by atoms with Gasteiger partial charge in [-0.15, -0.1) is 0 Å². The van der Waals surface area contributed by atoms with E-state index in [-0.39, 0.29) is 28.0 Å². The molecule has 1 amide bonds. The van der Waals surface area contributed by atoms with Crippen LogP contribution in [0.25, 0.3) is 6.08 Å². The van der Waals surface area contributed by atoms with Gasteiger partial charge >= 0.3 is 10.1 Å². The van der Waals surface area contributed by atoms with Crippen LogP contribution in [-0.2, 0) is 14.9 Å². The van der Waals surface area contributed by atoms with E-state index in [1.807, 2.05) is 46.9 Å². The molecule has 1 aliphatic rings. The zero-order chi connectivity index (χ0) is 26.7. The number of non-ortho nitro benzene ring substituents is 1. The minimum absolute atomic E-state index is 0.0525. The SMILES string of the molecule is COc1cc(/C=C2/SC(=Nc3ccccc3Br)NC2=O)cc(I)c1OS(=O)(=O)c1ccc([N+](=O)[O-])cc1. The number of carbonyl (C=O) groups is 1. The molecule has 1 saturated heterocycles. The molecule has 3 aromatic carbocycles. The second-order valence-corrected chi connectivity index (χ2v) is 11.8. The van der Waals surface area contributed by atoms with Crippen molar-refractivity contribution in [1.29, 1.82) is 0 Å². The van der Waals surface area contributed by atoms with Crippen molar-refractivity contribution in [1.82, 2.24) is 5.32 Å². The number of aliphatic imine (C=N–C) groups is 1. The number of ether oxygens (including phenoxy) is 1. The number of hydrogen-bond acceptors (Lipinski definition) is 9. The molecule has 0 atom stereocenters. The average molecular weight is 716 g/mol. The fourth-order valence-corrected chi connectivity index (χ4v) is 6.13. The van der Waals surface area contributed by atoms with E-state index in [0.717, 1.165) is 40.5 Å². The van der Waals surface area contributed by atoms with Gasteiger partial charge in [0, 0.05) is 16.6 Å². The first-order chi connectivity index (χ1) is 17.6. The van der Waals surface area contributed by atoms with Gasteiger partial charge in [-0.05, 0) is 98.3 Å². The monoisotopic (exact) mass is 715 g/mol. The van der Waals surface area contributed by atoms with Gasteiger partial charge in [-0.1, -0.05) is 12.1 Å². The maximum absolute atomic E-state index is 12.8. The Labute approximate surface area is 237 Å². The van der Waals surface area contributed by atoms with Crippen LogP contribution in [0.5, 0.6) is 11.5 Å². The number of benzene rings is 3. The Morgan fingerprint density at radius 3 is 2.51 bits per heavy atom. The van der Waals surface area contributed by atoms with Gasteiger partial charge in [-0.2, -0.15) is 8.42 Å². The third-order valence-electron chi connectivity index (χ3n) is 4.80. The summed E-state index contributed by atoms with van der Waals surface area (Å²) in [5, 5.41) is 14.0. The number of nitrogens with zero attached hydrogens (tertiary/aromatic N) is 2. The highest BCUT2D eigenvalue weighted by Crippen LogP contribution is 2.38. The predicted molar refractivity (Wildman–Crippen MR) is 152 cm³/mol. The number of carbonyl (C=O) groups excluding carboxylic acids is 1.